The molecule has 0 bridgehead atoms. The Kier molecular flexibility index (Phi) is 2.44. The van der Waals surface area contributed by atoms with Gasteiger partial charge in [0.2, 0.25) is 0 Å². The molecule has 2 N–H and O–H groups in total. The topological polar surface area (TPSA) is 74.5 Å². The predicted octanol–water partition coefficient (Wildman–Crippen LogP) is 0.147. The van der Waals surface area contributed by atoms with Crippen LogP contribution in [0.25, 0.3) is 0 Å². The van der Waals surface area contributed by atoms with E-state index >= 15 is 0 Å². The van der Waals surface area contributed by atoms with Gasteiger partial charge >= 0.3 is 0 Å². The summed E-state index contributed by atoms with van der Waals surface area (Å²) in [6, 6.07) is 0. The zero-order valence-electron chi connectivity index (χ0n) is 7.74. The fraction of sp³-hybridized carbons (Fsp3) is 0.375. The normalized spacial score (nSPS) is 10.6. The zero-order valence-corrected chi connectivity index (χ0v) is 7.74. The molecule has 2 heterocycles. The SMILES string of the molecule is Nc1nccn1CCCn1ccnn1. The molecule has 14 heavy (non-hydrogen) atoms. The van der Waals surface area contributed by atoms with Crippen molar-refractivity contribution in [2.45, 2.75) is 19.5 Å². The maximum absolute atomic E-state index is 5.62. The second-order valence-corrected chi connectivity index (χ2v) is 3.00. The fourth-order valence-electron chi connectivity index (χ4n) is 1.28. The monoisotopic (exact) mass is 192 g/mol. The van der Waals surface area contributed by atoms with Crippen LogP contribution < -0.4 is 5.73 Å². The number of anilines is 1. The Labute approximate surface area is 81.4 Å². The highest BCUT2D eigenvalue weighted by Crippen LogP contribution is 2.00. The largest absolute Gasteiger partial charge is 0.369 e. The number of hydrogen-bond donors (Lipinski definition) is 1. The van der Waals surface area contributed by atoms with Gasteiger partial charge in [-0.15, -0.1) is 5.10 Å². The lowest BCUT2D eigenvalue weighted by Crippen LogP contribution is -2.06. The van der Waals surface area contributed by atoms with Crippen molar-refractivity contribution in [3.8, 4) is 0 Å². The van der Waals surface area contributed by atoms with Crippen LogP contribution in [0.15, 0.2) is 24.8 Å². The summed E-state index contributed by atoms with van der Waals surface area (Å²) in [6.45, 7) is 1.70. The van der Waals surface area contributed by atoms with Crippen LogP contribution in [0.2, 0.25) is 0 Å². The standard InChI is InChI=1S/C8H12N6/c9-8-10-2-6-13(8)4-1-5-14-7-3-11-12-14/h2-3,6-7H,1,4-5H2,(H2,9,10). The fourth-order valence-corrected chi connectivity index (χ4v) is 1.28. The molecule has 6 heteroatoms. The number of aromatic nitrogens is 5. The highest BCUT2D eigenvalue weighted by Gasteiger charge is 1.97. The number of hydrogen-bond acceptors (Lipinski definition) is 4. The number of nitrogen functional groups attached to an aromatic ring is 1. The van der Waals surface area contributed by atoms with Gasteiger partial charge in [0.15, 0.2) is 5.95 Å². The van der Waals surface area contributed by atoms with Crippen molar-refractivity contribution in [3.05, 3.63) is 24.8 Å². The number of nitrogens with two attached hydrogens (primary N) is 1. The van der Waals surface area contributed by atoms with E-state index in [4.69, 9.17) is 5.73 Å². The minimum Gasteiger partial charge on any atom is -0.369 e. The van der Waals surface area contributed by atoms with Gasteiger partial charge in [-0.25, -0.2) is 4.98 Å². The van der Waals surface area contributed by atoms with E-state index in [1.54, 1.807) is 17.1 Å². The van der Waals surface area contributed by atoms with E-state index in [-0.39, 0.29) is 0 Å². The van der Waals surface area contributed by atoms with Crippen LogP contribution in [0.1, 0.15) is 6.42 Å². The quantitative estimate of drug-likeness (QED) is 0.748. The first-order chi connectivity index (χ1) is 6.86. The van der Waals surface area contributed by atoms with Crippen LogP contribution in [0.5, 0.6) is 0 Å². The van der Waals surface area contributed by atoms with Crippen LogP contribution in [0.3, 0.4) is 0 Å². The summed E-state index contributed by atoms with van der Waals surface area (Å²) in [7, 11) is 0. The van der Waals surface area contributed by atoms with Gasteiger partial charge in [-0.2, -0.15) is 0 Å². The summed E-state index contributed by atoms with van der Waals surface area (Å²) in [5.41, 5.74) is 5.62. The van der Waals surface area contributed by atoms with E-state index in [0.717, 1.165) is 19.5 Å². The van der Waals surface area contributed by atoms with Crippen molar-refractivity contribution >= 4 is 5.95 Å². The molecule has 0 atom stereocenters. The Hall–Kier alpha value is -1.85. The van der Waals surface area contributed by atoms with E-state index < -0.39 is 0 Å². The van der Waals surface area contributed by atoms with Crippen LogP contribution in [0, 0.1) is 0 Å². The summed E-state index contributed by atoms with van der Waals surface area (Å²) in [5, 5.41) is 7.59. The van der Waals surface area contributed by atoms with Crippen molar-refractivity contribution < 1.29 is 0 Å². The molecule has 0 aromatic carbocycles. The highest BCUT2D eigenvalue weighted by molar-refractivity contribution is 5.16. The molecule has 0 fully saturated rings. The van der Waals surface area contributed by atoms with Gasteiger partial charge in [0, 0.05) is 31.7 Å². The van der Waals surface area contributed by atoms with Gasteiger partial charge in [-0.3, -0.25) is 4.68 Å². The molecular weight excluding hydrogens is 180 g/mol. The van der Waals surface area contributed by atoms with E-state index in [1.165, 1.54) is 0 Å². The molecule has 6 nitrogen and oxygen atoms in total. The molecule has 0 radical (unpaired) electrons. The molecule has 2 aromatic rings. The zero-order chi connectivity index (χ0) is 9.80. The molecule has 0 aliphatic rings. The average Bonchev–Trinajstić information content (AvgIpc) is 2.78. The summed E-state index contributed by atoms with van der Waals surface area (Å²) in [6.07, 6.45) is 8.05. The molecule has 0 saturated heterocycles. The Morgan fingerprint density at radius 3 is 2.79 bits per heavy atom. The third-order valence-corrected chi connectivity index (χ3v) is 2.01. The number of rotatable bonds is 4. The second kappa shape index (κ2) is 3.91. The number of nitrogens with zero attached hydrogens (tertiary/aromatic N) is 5. The van der Waals surface area contributed by atoms with Crippen molar-refractivity contribution in [2.75, 3.05) is 5.73 Å². The summed E-state index contributed by atoms with van der Waals surface area (Å²) < 4.78 is 3.71. The predicted molar refractivity (Wildman–Crippen MR) is 51.3 cm³/mol. The van der Waals surface area contributed by atoms with Gasteiger partial charge < -0.3 is 10.3 Å². The highest BCUT2D eigenvalue weighted by atomic mass is 15.4. The molecule has 0 aliphatic heterocycles. The molecule has 0 spiro atoms. The Morgan fingerprint density at radius 1 is 1.21 bits per heavy atom. The first-order valence-corrected chi connectivity index (χ1v) is 4.47. The molecule has 0 amide bonds. The van der Waals surface area contributed by atoms with Crippen LogP contribution in [-0.2, 0) is 13.1 Å². The Bertz CT molecular complexity index is 376. The Balaban J connectivity index is 1.81. The molecular formula is C8H12N6. The van der Waals surface area contributed by atoms with Crippen LogP contribution in [0.4, 0.5) is 5.95 Å². The van der Waals surface area contributed by atoms with Crippen LogP contribution in [-0.4, -0.2) is 24.5 Å². The van der Waals surface area contributed by atoms with Gasteiger partial charge in [-0.05, 0) is 6.42 Å². The summed E-state index contributed by atoms with van der Waals surface area (Å²) in [5.74, 6) is 0.559. The van der Waals surface area contributed by atoms with Gasteiger partial charge in [0.25, 0.3) is 0 Å². The summed E-state index contributed by atoms with van der Waals surface area (Å²) in [4.78, 5) is 3.94. The Morgan fingerprint density at radius 2 is 2.14 bits per heavy atom. The molecule has 74 valence electrons. The third-order valence-electron chi connectivity index (χ3n) is 2.01. The molecule has 0 aliphatic carbocycles. The number of aryl methyl sites for hydroxylation is 2. The van der Waals surface area contributed by atoms with E-state index in [2.05, 4.69) is 15.3 Å². The lowest BCUT2D eigenvalue weighted by Gasteiger charge is -2.03. The summed E-state index contributed by atoms with van der Waals surface area (Å²) >= 11 is 0. The molecule has 2 rings (SSSR count). The lowest BCUT2D eigenvalue weighted by molar-refractivity contribution is 0.517. The first kappa shape index (κ1) is 8.74. The molecule has 2 aromatic heterocycles. The second-order valence-electron chi connectivity index (χ2n) is 3.00. The molecule has 0 saturated carbocycles. The third kappa shape index (κ3) is 1.90. The minimum absolute atomic E-state index is 0.559. The maximum atomic E-state index is 5.62. The smallest absolute Gasteiger partial charge is 0.200 e. The van der Waals surface area contributed by atoms with Gasteiger partial charge in [-0.1, -0.05) is 5.21 Å². The minimum atomic E-state index is 0.559. The van der Waals surface area contributed by atoms with E-state index in [0.29, 0.717) is 5.95 Å². The maximum Gasteiger partial charge on any atom is 0.200 e. The average molecular weight is 192 g/mol. The van der Waals surface area contributed by atoms with Gasteiger partial charge in [0.05, 0.1) is 6.20 Å². The van der Waals surface area contributed by atoms with E-state index in [1.807, 2.05) is 17.0 Å². The van der Waals surface area contributed by atoms with Crippen molar-refractivity contribution in [1.82, 2.24) is 24.5 Å². The van der Waals surface area contributed by atoms with Crippen molar-refractivity contribution in [2.24, 2.45) is 0 Å². The van der Waals surface area contributed by atoms with E-state index in [9.17, 15) is 0 Å². The molecule has 0 unspecified atom stereocenters. The van der Waals surface area contributed by atoms with Crippen molar-refractivity contribution in [1.29, 1.82) is 0 Å². The lowest BCUT2D eigenvalue weighted by atomic mass is 10.4. The van der Waals surface area contributed by atoms with Crippen molar-refractivity contribution in [3.63, 3.8) is 0 Å². The van der Waals surface area contributed by atoms with Gasteiger partial charge in [0.1, 0.15) is 0 Å². The van der Waals surface area contributed by atoms with Crippen LogP contribution >= 0.6 is 0 Å². The number of imidazole rings is 1. The first-order valence-electron chi connectivity index (χ1n) is 4.47.